The molecule has 0 saturated heterocycles. The first kappa shape index (κ1) is 14.7. The monoisotopic (exact) mass is 275 g/mol. The van der Waals surface area contributed by atoms with E-state index in [-0.39, 0.29) is 11.9 Å². The summed E-state index contributed by atoms with van der Waals surface area (Å²) in [6.45, 7) is 10.8. The molecule has 2 aromatic rings. The highest BCUT2D eigenvalue weighted by Gasteiger charge is 2.14. The van der Waals surface area contributed by atoms with Gasteiger partial charge < -0.3 is 5.32 Å². The quantitative estimate of drug-likeness (QED) is 0.924. The van der Waals surface area contributed by atoms with E-state index >= 15 is 0 Å². The van der Waals surface area contributed by atoms with Crippen molar-refractivity contribution in [1.29, 1.82) is 0 Å². The van der Waals surface area contributed by atoms with Crippen molar-refractivity contribution < 1.29 is 4.39 Å². The first-order chi connectivity index (χ1) is 9.45. The zero-order valence-corrected chi connectivity index (χ0v) is 12.8. The van der Waals surface area contributed by atoms with Crippen LogP contribution in [0.4, 0.5) is 4.39 Å². The third-order valence-corrected chi connectivity index (χ3v) is 3.86. The summed E-state index contributed by atoms with van der Waals surface area (Å²) in [5.74, 6) is -0.238. The topological polar surface area (TPSA) is 29.9 Å². The van der Waals surface area contributed by atoms with Gasteiger partial charge in [-0.2, -0.15) is 5.10 Å². The zero-order valence-electron chi connectivity index (χ0n) is 12.8. The molecular weight excluding hydrogens is 253 g/mol. The summed E-state index contributed by atoms with van der Waals surface area (Å²) >= 11 is 0. The second-order valence-corrected chi connectivity index (χ2v) is 5.20. The molecule has 1 aromatic carbocycles. The van der Waals surface area contributed by atoms with Gasteiger partial charge >= 0.3 is 0 Å². The Hall–Kier alpha value is -1.68. The highest BCUT2D eigenvalue weighted by atomic mass is 19.1. The van der Waals surface area contributed by atoms with E-state index in [1.54, 1.807) is 16.8 Å². The van der Waals surface area contributed by atoms with Crippen molar-refractivity contribution in [2.75, 3.05) is 6.54 Å². The van der Waals surface area contributed by atoms with Gasteiger partial charge in [0.05, 0.1) is 5.69 Å². The van der Waals surface area contributed by atoms with Crippen molar-refractivity contribution in [2.45, 2.75) is 40.7 Å². The molecule has 1 heterocycles. The van der Waals surface area contributed by atoms with Gasteiger partial charge in [-0.1, -0.05) is 13.0 Å². The Kier molecular flexibility index (Phi) is 4.23. The van der Waals surface area contributed by atoms with E-state index in [4.69, 9.17) is 0 Å². The van der Waals surface area contributed by atoms with Gasteiger partial charge in [0.2, 0.25) is 0 Å². The van der Waals surface area contributed by atoms with Crippen LogP contribution >= 0.6 is 0 Å². The molecule has 0 saturated carbocycles. The molecular formula is C16H22FN3. The number of halogens is 1. The highest BCUT2D eigenvalue weighted by Crippen LogP contribution is 2.22. The summed E-state index contributed by atoms with van der Waals surface area (Å²) < 4.78 is 16.1. The van der Waals surface area contributed by atoms with E-state index in [1.807, 2.05) is 40.7 Å². The van der Waals surface area contributed by atoms with Crippen LogP contribution in [0.25, 0.3) is 5.69 Å². The van der Waals surface area contributed by atoms with Crippen LogP contribution in [0.15, 0.2) is 18.2 Å². The standard InChI is InChI=1S/C16H22FN3/c1-6-18-12(4)14-7-8-16(15(17)9-14)20-13(5)10(2)11(3)19-20/h7-9,12,18H,6H2,1-5H3. The minimum absolute atomic E-state index is 0.144. The molecule has 1 N–H and O–H groups in total. The number of nitrogens with one attached hydrogen (secondary N) is 1. The van der Waals surface area contributed by atoms with Crippen molar-refractivity contribution >= 4 is 0 Å². The van der Waals surface area contributed by atoms with Crippen LogP contribution in [0.5, 0.6) is 0 Å². The molecule has 4 heteroatoms. The Balaban J connectivity index is 2.41. The number of hydrogen-bond acceptors (Lipinski definition) is 2. The lowest BCUT2D eigenvalue weighted by Gasteiger charge is -2.14. The molecule has 0 aliphatic carbocycles. The molecule has 0 fully saturated rings. The zero-order chi connectivity index (χ0) is 14.9. The minimum Gasteiger partial charge on any atom is -0.310 e. The number of nitrogens with zero attached hydrogens (tertiary/aromatic N) is 2. The van der Waals surface area contributed by atoms with Crippen LogP contribution in [0.2, 0.25) is 0 Å². The number of hydrogen-bond donors (Lipinski definition) is 1. The maximum Gasteiger partial charge on any atom is 0.149 e. The van der Waals surface area contributed by atoms with Crippen molar-refractivity contribution in [3.05, 3.63) is 46.5 Å². The number of aromatic nitrogens is 2. The maximum atomic E-state index is 14.4. The van der Waals surface area contributed by atoms with Crippen molar-refractivity contribution in [3.63, 3.8) is 0 Å². The van der Waals surface area contributed by atoms with Gasteiger partial charge in [-0.25, -0.2) is 9.07 Å². The minimum atomic E-state index is -0.238. The summed E-state index contributed by atoms with van der Waals surface area (Å²) in [7, 11) is 0. The van der Waals surface area contributed by atoms with Crippen LogP contribution in [0.3, 0.4) is 0 Å². The van der Waals surface area contributed by atoms with Gasteiger partial charge in [-0.15, -0.1) is 0 Å². The largest absolute Gasteiger partial charge is 0.310 e. The van der Waals surface area contributed by atoms with Crippen molar-refractivity contribution in [2.24, 2.45) is 0 Å². The van der Waals surface area contributed by atoms with Crippen LogP contribution < -0.4 is 5.32 Å². The van der Waals surface area contributed by atoms with Gasteiger partial charge in [-0.3, -0.25) is 0 Å². The molecule has 3 nitrogen and oxygen atoms in total. The second-order valence-electron chi connectivity index (χ2n) is 5.20. The summed E-state index contributed by atoms with van der Waals surface area (Å²) in [6.07, 6.45) is 0. The second kappa shape index (κ2) is 5.75. The highest BCUT2D eigenvalue weighted by molar-refractivity contribution is 5.40. The number of rotatable bonds is 4. The van der Waals surface area contributed by atoms with Gasteiger partial charge in [-0.05, 0) is 57.5 Å². The molecule has 1 aromatic heterocycles. The molecule has 0 amide bonds. The van der Waals surface area contributed by atoms with E-state index in [0.717, 1.165) is 29.1 Å². The van der Waals surface area contributed by atoms with Gasteiger partial charge in [0, 0.05) is 11.7 Å². The average molecular weight is 275 g/mol. The molecule has 0 radical (unpaired) electrons. The fraction of sp³-hybridized carbons (Fsp3) is 0.438. The van der Waals surface area contributed by atoms with Crippen molar-refractivity contribution in [1.82, 2.24) is 15.1 Å². The predicted molar refractivity (Wildman–Crippen MR) is 79.8 cm³/mol. The molecule has 0 aliphatic rings. The van der Waals surface area contributed by atoms with Crippen LogP contribution in [0, 0.1) is 26.6 Å². The van der Waals surface area contributed by atoms with E-state index < -0.39 is 0 Å². The van der Waals surface area contributed by atoms with Crippen LogP contribution in [-0.2, 0) is 0 Å². The fourth-order valence-electron chi connectivity index (χ4n) is 2.34. The first-order valence-corrected chi connectivity index (χ1v) is 7.01. The van der Waals surface area contributed by atoms with E-state index in [1.165, 1.54) is 0 Å². The lowest BCUT2D eigenvalue weighted by molar-refractivity contribution is 0.576. The summed E-state index contributed by atoms with van der Waals surface area (Å²) in [5.41, 5.74) is 4.48. The Bertz CT molecular complexity index is 616. The van der Waals surface area contributed by atoms with Gasteiger partial charge in [0.25, 0.3) is 0 Å². The Morgan fingerprint density at radius 2 is 2.00 bits per heavy atom. The third kappa shape index (κ3) is 2.61. The number of benzene rings is 1. The number of aryl methyl sites for hydroxylation is 1. The normalized spacial score (nSPS) is 12.7. The maximum absolute atomic E-state index is 14.4. The van der Waals surface area contributed by atoms with Crippen LogP contribution in [0.1, 0.15) is 42.4 Å². The SMILES string of the molecule is CCNC(C)c1ccc(-n2nc(C)c(C)c2C)c(F)c1. The van der Waals surface area contributed by atoms with Crippen molar-refractivity contribution in [3.8, 4) is 5.69 Å². The lowest BCUT2D eigenvalue weighted by Crippen LogP contribution is -2.18. The summed E-state index contributed by atoms with van der Waals surface area (Å²) in [4.78, 5) is 0. The Morgan fingerprint density at radius 1 is 1.30 bits per heavy atom. The summed E-state index contributed by atoms with van der Waals surface area (Å²) in [6, 6.07) is 5.49. The fourth-order valence-corrected chi connectivity index (χ4v) is 2.34. The van der Waals surface area contributed by atoms with E-state index in [2.05, 4.69) is 10.4 Å². The molecule has 1 atom stereocenters. The first-order valence-electron chi connectivity index (χ1n) is 7.01. The van der Waals surface area contributed by atoms with Gasteiger partial charge in [0.15, 0.2) is 0 Å². The summed E-state index contributed by atoms with van der Waals surface area (Å²) in [5, 5.41) is 7.70. The molecule has 2 rings (SSSR count). The van der Waals surface area contributed by atoms with Gasteiger partial charge in [0.1, 0.15) is 11.5 Å². The smallest absolute Gasteiger partial charge is 0.149 e. The lowest BCUT2D eigenvalue weighted by atomic mass is 10.1. The van der Waals surface area contributed by atoms with Crippen LogP contribution in [-0.4, -0.2) is 16.3 Å². The molecule has 1 unspecified atom stereocenters. The Labute approximate surface area is 119 Å². The average Bonchev–Trinajstić information content (AvgIpc) is 2.66. The molecule has 0 bridgehead atoms. The molecule has 0 aliphatic heterocycles. The van der Waals surface area contributed by atoms with E-state index in [9.17, 15) is 4.39 Å². The third-order valence-electron chi connectivity index (χ3n) is 3.86. The molecule has 108 valence electrons. The predicted octanol–water partition coefficient (Wildman–Crippen LogP) is 3.61. The molecule has 0 spiro atoms. The Morgan fingerprint density at radius 3 is 2.50 bits per heavy atom. The molecule has 20 heavy (non-hydrogen) atoms. The van der Waals surface area contributed by atoms with E-state index in [0.29, 0.717) is 5.69 Å².